The molecule has 11 nitrogen and oxygen atoms in total. The van der Waals surface area contributed by atoms with E-state index in [-0.39, 0.29) is 28.7 Å². The molecule has 0 aliphatic heterocycles. The first kappa shape index (κ1) is 21.3. The first-order valence-electron chi connectivity index (χ1n) is 9.25. The summed E-state index contributed by atoms with van der Waals surface area (Å²) in [5.74, 6) is -0.490. The summed E-state index contributed by atoms with van der Waals surface area (Å²) in [7, 11) is 0. The Morgan fingerprint density at radius 2 is 2.16 bits per heavy atom. The molecule has 4 aromatic rings. The molecule has 162 valence electrons. The molecule has 0 atom stereocenters. The fourth-order valence-electron chi connectivity index (χ4n) is 2.82. The predicted molar refractivity (Wildman–Crippen MR) is 122 cm³/mol. The van der Waals surface area contributed by atoms with E-state index < -0.39 is 10.8 Å². The highest BCUT2D eigenvalue weighted by molar-refractivity contribution is 7.80. The number of anilines is 1. The quantitative estimate of drug-likeness (QED) is 0.248. The molecule has 0 fully saturated rings. The van der Waals surface area contributed by atoms with Crippen LogP contribution in [0.4, 0.5) is 11.4 Å². The molecule has 0 bridgehead atoms. The largest absolute Gasteiger partial charge is 0.487 e. The maximum atomic E-state index is 12.5. The van der Waals surface area contributed by atoms with Gasteiger partial charge in [-0.25, -0.2) is 0 Å². The second-order valence-electron chi connectivity index (χ2n) is 6.33. The second kappa shape index (κ2) is 9.03. The summed E-state index contributed by atoms with van der Waals surface area (Å²) in [6.45, 7) is 1.98. The minimum atomic E-state index is -0.601. The molecule has 4 rings (SSSR count). The van der Waals surface area contributed by atoms with Crippen molar-refractivity contribution in [2.75, 3.05) is 11.9 Å². The van der Waals surface area contributed by atoms with Crippen molar-refractivity contribution >= 4 is 50.9 Å². The summed E-state index contributed by atoms with van der Waals surface area (Å²) >= 11 is 6.61. The van der Waals surface area contributed by atoms with E-state index >= 15 is 0 Å². The van der Waals surface area contributed by atoms with Crippen LogP contribution in [0, 0.1) is 10.1 Å². The highest BCUT2D eigenvalue weighted by Crippen LogP contribution is 2.28. The van der Waals surface area contributed by atoms with Gasteiger partial charge in [-0.05, 0) is 43.4 Å². The van der Waals surface area contributed by atoms with Gasteiger partial charge in [0.2, 0.25) is 4.96 Å². The van der Waals surface area contributed by atoms with Gasteiger partial charge >= 0.3 is 5.69 Å². The second-order valence-corrected chi connectivity index (χ2v) is 7.69. The molecule has 13 heteroatoms. The van der Waals surface area contributed by atoms with Crippen LogP contribution in [0.15, 0.2) is 48.8 Å². The van der Waals surface area contributed by atoms with Crippen LogP contribution in [0.5, 0.6) is 5.75 Å². The van der Waals surface area contributed by atoms with E-state index in [0.717, 1.165) is 16.6 Å². The number of fused-ring (bicyclic) bond motifs is 1. The van der Waals surface area contributed by atoms with Crippen molar-refractivity contribution in [3.05, 3.63) is 64.5 Å². The van der Waals surface area contributed by atoms with Crippen molar-refractivity contribution in [3.8, 4) is 16.3 Å². The smallest absolute Gasteiger partial charge is 0.311 e. The van der Waals surface area contributed by atoms with Crippen molar-refractivity contribution in [1.82, 2.24) is 25.1 Å². The van der Waals surface area contributed by atoms with Crippen molar-refractivity contribution in [1.29, 1.82) is 0 Å². The van der Waals surface area contributed by atoms with E-state index in [1.54, 1.807) is 17.5 Å². The highest BCUT2D eigenvalue weighted by Gasteiger charge is 2.19. The minimum Gasteiger partial charge on any atom is -0.487 e. The fourth-order valence-corrected chi connectivity index (χ4v) is 3.85. The molecule has 0 aliphatic carbocycles. The maximum Gasteiger partial charge on any atom is 0.311 e. The van der Waals surface area contributed by atoms with E-state index in [4.69, 9.17) is 17.0 Å². The van der Waals surface area contributed by atoms with Gasteiger partial charge in [0.05, 0.1) is 11.5 Å². The minimum absolute atomic E-state index is 0.0434. The molecule has 1 amide bonds. The normalized spacial score (nSPS) is 10.7. The van der Waals surface area contributed by atoms with Gasteiger partial charge < -0.3 is 10.1 Å². The molecule has 32 heavy (non-hydrogen) atoms. The number of hydrogen-bond donors (Lipinski definition) is 2. The molecule has 0 spiro atoms. The number of aromatic nitrogens is 4. The third-order valence-electron chi connectivity index (χ3n) is 4.20. The fraction of sp³-hybridized carbons (Fsp3) is 0.105. The topological polar surface area (TPSA) is 137 Å². The Kier molecular flexibility index (Phi) is 6.00. The molecule has 2 heterocycles. The van der Waals surface area contributed by atoms with E-state index in [9.17, 15) is 14.9 Å². The Morgan fingerprint density at radius 3 is 2.91 bits per heavy atom. The molecular weight excluding hydrogens is 454 g/mol. The maximum absolute atomic E-state index is 12.5. The Hall–Kier alpha value is -3.97. The van der Waals surface area contributed by atoms with Crippen LogP contribution >= 0.6 is 23.6 Å². The first-order chi connectivity index (χ1) is 15.4. The van der Waals surface area contributed by atoms with Gasteiger partial charge in [0.15, 0.2) is 10.9 Å². The SMILES string of the molecule is CCOc1ccc(C(=O)NC(=S)Nc2cccc(-c3nn4cnnc4s3)c2)cc1[N+](=O)[O-]. The van der Waals surface area contributed by atoms with Gasteiger partial charge in [-0.2, -0.15) is 9.61 Å². The average Bonchev–Trinajstić information content (AvgIpc) is 3.36. The Balaban J connectivity index is 1.46. The van der Waals surface area contributed by atoms with Crippen LogP contribution < -0.4 is 15.4 Å². The lowest BCUT2D eigenvalue weighted by atomic mass is 10.1. The summed E-state index contributed by atoms with van der Waals surface area (Å²) < 4.78 is 6.81. The van der Waals surface area contributed by atoms with Gasteiger partial charge in [-0.3, -0.25) is 20.2 Å². The van der Waals surface area contributed by atoms with Gasteiger partial charge in [-0.15, -0.1) is 10.2 Å². The standard InChI is InChI=1S/C19H15N7O4S2/c1-2-30-15-7-6-11(9-14(15)26(28)29)16(27)22-18(31)21-13-5-3-4-12(8-13)17-24-25-10-20-23-19(25)32-17/h3-10H,2H2,1H3,(H2,21,22,27,31). The van der Waals surface area contributed by atoms with Crippen LogP contribution in [0.3, 0.4) is 0 Å². The number of nitrogens with zero attached hydrogens (tertiary/aromatic N) is 5. The number of thiocarbonyl (C=S) groups is 1. The Bertz CT molecular complexity index is 1310. The zero-order valence-electron chi connectivity index (χ0n) is 16.5. The number of nitro benzene ring substituents is 1. The lowest BCUT2D eigenvalue weighted by Crippen LogP contribution is -2.34. The number of carbonyl (C=O) groups is 1. The molecule has 0 unspecified atom stereocenters. The summed E-state index contributed by atoms with van der Waals surface area (Å²) in [4.78, 5) is 23.9. The molecule has 2 aromatic heterocycles. The average molecular weight is 470 g/mol. The van der Waals surface area contributed by atoms with E-state index in [0.29, 0.717) is 10.6 Å². The van der Waals surface area contributed by atoms with Crippen LogP contribution in [0.25, 0.3) is 15.5 Å². The lowest BCUT2D eigenvalue weighted by Gasteiger charge is -2.11. The van der Waals surface area contributed by atoms with Crippen molar-refractivity contribution in [3.63, 3.8) is 0 Å². The van der Waals surface area contributed by atoms with Crippen molar-refractivity contribution in [2.24, 2.45) is 0 Å². The zero-order valence-corrected chi connectivity index (χ0v) is 18.1. The summed E-state index contributed by atoms with van der Waals surface area (Å²) in [6.07, 6.45) is 1.52. The number of hydrogen-bond acceptors (Lipinski definition) is 9. The number of ether oxygens (including phenoxy) is 1. The number of rotatable bonds is 6. The van der Waals surface area contributed by atoms with E-state index in [1.807, 2.05) is 18.2 Å². The molecule has 2 N–H and O–H groups in total. The Labute approximate surface area is 190 Å². The van der Waals surface area contributed by atoms with Crippen LogP contribution in [-0.2, 0) is 0 Å². The molecule has 0 saturated heterocycles. The molecular formula is C19H15N7O4S2. The van der Waals surface area contributed by atoms with E-state index in [1.165, 1.54) is 29.8 Å². The van der Waals surface area contributed by atoms with Gasteiger partial charge in [-0.1, -0.05) is 23.5 Å². The number of benzene rings is 2. The number of carbonyl (C=O) groups excluding carboxylic acids is 1. The van der Waals surface area contributed by atoms with Crippen LogP contribution in [0.1, 0.15) is 17.3 Å². The van der Waals surface area contributed by atoms with Crippen molar-refractivity contribution in [2.45, 2.75) is 6.92 Å². The number of amides is 1. The Morgan fingerprint density at radius 1 is 1.31 bits per heavy atom. The predicted octanol–water partition coefficient (Wildman–Crippen LogP) is 3.29. The molecule has 0 radical (unpaired) electrons. The summed E-state index contributed by atoms with van der Waals surface area (Å²) in [6, 6.07) is 11.3. The third kappa shape index (κ3) is 4.53. The van der Waals surface area contributed by atoms with Gasteiger partial charge in [0.25, 0.3) is 5.91 Å². The van der Waals surface area contributed by atoms with Crippen molar-refractivity contribution < 1.29 is 14.5 Å². The number of nitro groups is 1. The summed E-state index contributed by atoms with van der Waals surface area (Å²) in [5.41, 5.74) is 1.26. The van der Waals surface area contributed by atoms with Gasteiger partial charge in [0.1, 0.15) is 11.3 Å². The monoisotopic (exact) mass is 469 g/mol. The first-order valence-corrected chi connectivity index (χ1v) is 10.5. The third-order valence-corrected chi connectivity index (χ3v) is 5.37. The van der Waals surface area contributed by atoms with Crippen LogP contribution in [-0.4, -0.2) is 42.4 Å². The number of nitrogens with one attached hydrogen (secondary N) is 2. The molecule has 0 saturated carbocycles. The molecule has 2 aromatic carbocycles. The van der Waals surface area contributed by atoms with Gasteiger partial charge in [0, 0.05) is 22.9 Å². The highest BCUT2D eigenvalue weighted by atomic mass is 32.1. The lowest BCUT2D eigenvalue weighted by molar-refractivity contribution is -0.385. The molecule has 0 aliphatic rings. The van der Waals surface area contributed by atoms with Crippen LogP contribution in [0.2, 0.25) is 0 Å². The summed E-state index contributed by atoms with van der Waals surface area (Å²) in [5, 5.41) is 29.7. The van der Waals surface area contributed by atoms with E-state index in [2.05, 4.69) is 25.9 Å². The zero-order chi connectivity index (χ0) is 22.7.